The standard InChI is InChI=1S/C17H22N4O3/c1-4-9-19(2)11-5-6-12-14(10-11)20(3)17(24)21(12)13-7-8-15(22)18-16(13)23/h5-6,10,13H,4,7-9H2,1-3H3,(H,18,22,23). The molecule has 2 amide bonds. The summed E-state index contributed by atoms with van der Waals surface area (Å²) in [6.07, 6.45) is 1.63. The van der Waals surface area contributed by atoms with Gasteiger partial charge in [0.15, 0.2) is 0 Å². The number of aromatic nitrogens is 2. The average Bonchev–Trinajstić information content (AvgIpc) is 2.79. The van der Waals surface area contributed by atoms with Crippen molar-refractivity contribution in [2.45, 2.75) is 32.2 Å². The maximum absolute atomic E-state index is 12.7. The van der Waals surface area contributed by atoms with E-state index < -0.39 is 11.9 Å². The number of imide groups is 1. The molecule has 1 fully saturated rings. The molecule has 1 aromatic heterocycles. The van der Waals surface area contributed by atoms with Crippen LogP contribution in [-0.4, -0.2) is 34.5 Å². The SMILES string of the molecule is CCCN(C)c1ccc2c(c1)n(C)c(=O)n2C1CCC(=O)NC1=O. The zero-order valence-electron chi connectivity index (χ0n) is 14.2. The number of nitrogens with zero attached hydrogens (tertiary/aromatic N) is 3. The highest BCUT2D eigenvalue weighted by Crippen LogP contribution is 2.26. The lowest BCUT2D eigenvalue weighted by Crippen LogP contribution is -2.44. The molecule has 0 radical (unpaired) electrons. The molecule has 7 nitrogen and oxygen atoms in total. The molecule has 1 N–H and O–H groups in total. The summed E-state index contributed by atoms with van der Waals surface area (Å²) in [7, 11) is 3.72. The number of carbonyl (C=O) groups is 2. The molecule has 1 saturated heterocycles. The van der Waals surface area contributed by atoms with Crippen molar-refractivity contribution in [3.05, 3.63) is 28.7 Å². The summed E-state index contributed by atoms with van der Waals surface area (Å²) in [5.74, 6) is -0.693. The third-order valence-corrected chi connectivity index (χ3v) is 4.59. The fraction of sp³-hybridized carbons (Fsp3) is 0.471. The second kappa shape index (κ2) is 6.14. The number of piperidine rings is 1. The van der Waals surface area contributed by atoms with Gasteiger partial charge >= 0.3 is 5.69 Å². The van der Waals surface area contributed by atoms with Crippen molar-refractivity contribution in [2.24, 2.45) is 7.05 Å². The maximum atomic E-state index is 12.7. The van der Waals surface area contributed by atoms with E-state index in [1.54, 1.807) is 11.6 Å². The van der Waals surface area contributed by atoms with Crippen LogP contribution in [-0.2, 0) is 16.6 Å². The monoisotopic (exact) mass is 330 g/mol. The molecule has 7 heteroatoms. The molecule has 0 bridgehead atoms. The average molecular weight is 330 g/mol. The van der Waals surface area contributed by atoms with Crippen LogP contribution >= 0.6 is 0 Å². The number of hydrogen-bond acceptors (Lipinski definition) is 4. The van der Waals surface area contributed by atoms with Crippen molar-refractivity contribution in [1.29, 1.82) is 0 Å². The van der Waals surface area contributed by atoms with Gasteiger partial charge in [-0.05, 0) is 31.0 Å². The molecule has 1 aromatic carbocycles. The molecule has 2 aromatic rings. The minimum Gasteiger partial charge on any atom is -0.375 e. The van der Waals surface area contributed by atoms with E-state index in [9.17, 15) is 14.4 Å². The highest BCUT2D eigenvalue weighted by molar-refractivity contribution is 6.00. The van der Waals surface area contributed by atoms with Crippen molar-refractivity contribution in [3.63, 3.8) is 0 Å². The second-order valence-corrected chi connectivity index (χ2v) is 6.27. The van der Waals surface area contributed by atoms with Crippen molar-refractivity contribution in [3.8, 4) is 0 Å². The van der Waals surface area contributed by atoms with Crippen LogP contribution in [0.3, 0.4) is 0 Å². The first kappa shape index (κ1) is 16.3. The van der Waals surface area contributed by atoms with Gasteiger partial charge in [-0.25, -0.2) is 4.79 Å². The Balaban J connectivity index is 2.10. The number of nitrogens with one attached hydrogen (secondary N) is 1. The van der Waals surface area contributed by atoms with Gasteiger partial charge in [0, 0.05) is 32.7 Å². The summed E-state index contributed by atoms with van der Waals surface area (Å²) < 4.78 is 3.06. The number of rotatable bonds is 4. The molecule has 2 heterocycles. The highest BCUT2D eigenvalue weighted by atomic mass is 16.2. The van der Waals surface area contributed by atoms with E-state index in [0.717, 1.165) is 24.2 Å². The minimum absolute atomic E-state index is 0.241. The Hall–Kier alpha value is -2.57. The van der Waals surface area contributed by atoms with Gasteiger partial charge in [0.25, 0.3) is 0 Å². The van der Waals surface area contributed by atoms with Crippen LogP contribution in [0.1, 0.15) is 32.2 Å². The molecule has 1 aliphatic rings. The first-order chi connectivity index (χ1) is 11.4. The van der Waals surface area contributed by atoms with Crippen LogP contribution in [0.25, 0.3) is 11.0 Å². The maximum Gasteiger partial charge on any atom is 0.329 e. The first-order valence-corrected chi connectivity index (χ1v) is 8.19. The number of anilines is 1. The summed E-state index contributed by atoms with van der Waals surface area (Å²) in [6, 6.07) is 5.16. The molecule has 3 rings (SSSR count). The van der Waals surface area contributed by atoms with Crippen LogP contribution in [0.4, 0.5) is 5.69 Å². The smallest absolute Gasteiger partial charge is 0.329 e. The quantitative estimate of drug-likeness (QED) is 0.854. The molecule has 128 valence electrons. The van der Waals surface area contributed by atoms with E-state index in [0.29, 0.717) is 11.9 Å². The molecule has 0 saturated carbocycles. The van der Waals surface area contributed by atoms with E-state index in [-0.39, 0.29) is 18.0 Å². The Labute approximate surface area is 139 Å². The Morgan fingerprint density at radius 1 is 1.25 bits per heavy atom. The Morgan fingerprint density at radius 2 is 2.00 bits per heavy atom. The normalized spacial score (nSPS) is 18.0. The number of benzene rings is 1. The summed E-state index contributed by atoms with van der Waals surface area (Å²) in [4.78, 5) is 38.3. The largest absolute Gasteiger partial charge is 0.375 e. The number of fused-ring (bicyclic) bond motifs is 1. The van der Waals surface area contributed by atoms with Crippen LogP contribution in [0.15, 0.2) is 23.0 Å². The molecule has 0 spiro atoms. The van der Waals surface area contributed by atoms with Gasteiger partial charge in [0.2, 0.25) is 11.8 Å². The van der Waals surface area contributed by atoms with Crippen molar-refractivity contribution < 1.29 is 9.59 Å². The summed E-state index contributed by atoms with van der Waals surface area (Å²) in [5.41, 5.74) is 2.28. The van der Waals surface area contributed by atoms with E-state index in [4.69, 9.17) is 0 Å². The fourth-order valence-electron chi connectivity index (χ4n) is 3.28. The van der Waals surface area contributed by atoms with E-state index in [2.05, 4.69) is 17.1 Å². The van der Waals surface area contributed by atoms with Crippen molar-refractivity contribution in [2.75, 3.05) is 18.5 Å². The van der Waals surface area contributed by atoms with E-state index >= 15 is 0 Å². The summed E-state index contributed by atoms with van der Waals surface area (Å²) in [6.45, 7) is 3.04. The van der Waals surface area contributed by atoms with E-state index in [1.807, 2.05) is 25.2 Å². The van der Waals surface area contributed by atoms with Gasteiger partial charge < -0.3 is 4.90 Å². The lowest BCUT2D eigenvalue weighted by Gasteiger charge is -2.22. The van der Waals surface area contributed by atoms with Crippen LogP contribution < -0.4 is 15.9 Å². The first-order valence-electron chi connectivity index (χ1n) is 8.19. The van der Waals surface area contributed by atoms with Crippen LogP contribution in [0.2, 0.25) is 0 Å². The second-order valence-electron chi connectivity index (χ2n) is 6.27. The predicted molar refractivity (Wildman–Crippen MR) is 92.2 cm³/mol. The third kappa shape index (κ3) is 2.60. The van der Waals surface area contributed by atoms with Crippen molar-refractivity contribution in [1.82, 2.24) is 14.5 Å². The van der Waals surface area contributed by atoms with Gasteiger partial charge in [-0.15, -0.1) is 0 Å². The van der Waals surface area contributed by atoms with Crippen molar-refractivity contribution >= 4 is 28.5 Å². The van der Waals surface area contributed by atoms with Gasteiger partial charge in [0.05, 0.1) is 11.0 Å². The van der Waals surface area contributed by atoms with E-state index in [1.165, 1.54) is 4.57 Å². The molecule has 24 heavy (non-hydrogen) atoms. The zero-order chi connectivity index (χ0) is 17.4. The predicted octanol–water partition coefficient (Wildman–Crippen LogP) is 1.16. The topological polar surface area (TPSA) is 76.3 Å². The molecular formula is C17H22N4O3. The lowest BCUT2D eigenvalue weighted by atomic mass is 10.1. The van der Waals surface area contributed by atoms with Gasteiger partial charge in [-0.3, -0.25) is 24.0 Å². The molecule has 1 aliphatic heterocycles. The van der Waals surface area contributed by atoms with Gasteiger partial charge in [-0.2, -0.15) is 0 Å². The Morgan fingerprint density at radius 3 is 2.67 bits per heavy atom. The van der Waals surface area contributed by atoms with Crippen LogP contribution in [0, 0.1) is 0 Å². The number of carbonyl (C=O) groups excluding carboxylic acids is 2. The lowest BCUT2D eigenvalue weighted by molar-refractivity contribution is -0.135. The number of imidazole rings is 1. The summed E-state index contributed by atoms with van der Waals surface area (Å²) in [5, 5.41) is 2.32. The minimum atomic E-state index is -0.641. The number of hydrogen-bond donors (Lipinski definition) is 1. The Kier molecular flexibility index (Phi) is 4.17. The number of aryl methyl sites for hydroxylation is 1. The molecule has 1 atom stereocenters. The summed E-state index contributed by atoms with van der Waals surface area (Å²) >= 11 is 0. The molecule has 1 unspecified atom stereocenters. The fourth-order valence-corrected chi connectivity index (χ4v) is 3.28. The van der Waals surface area contributed by atoms with Crippen LogP contribution in [0.5, 0.6) is 0 Å². The Bertz CT molecular complexity index is 865. The molecular weight excluding hydrogens is 308 g/mol. The number of amides is 2. The third-order valence-electron chi connectivity index (χ3n) is 4.59. The molecule has 0 aliphatic carbocycles. The van der Waals surface area contributed by atoms with Gasteiger partial charge in [-0.1, -0.05) is 6.92 Å². The van der Waals surface area contributed by atoms with Gasteiger partial charge in [0.1, 0.15) is 6.04 Å². The zero-order valence-corrected chi connectivity index (χ0v) is 14.2. The highest BCUT2D eigenvalue weighted by Gasteiger charge is 2.31.